The fourth-order valence-electron chi connectivity index (χ4n) is 2.14. The standard InChI is InChI=1S/C13H20N2O3S/c1-2-15-19(17,18)12-7-4-3-6-11(12)14-10-13(16)8-5-9-13/h3-4,6-7,14-16H,2,5,8-10H2,1H3. The van der Waals surface area contributed by atoms with Crippen LogP contribution in [0.3, 0.4) is 0 Å². The van der Waals surface area contributed by atoms with E-state index in [0.717, 1.165) is 19.3 Å². The maximum absolute atomic E-state index is 12.0. The fraction of sp³-hybridized carbons (Fsp3) is 0.538. The molecule has 6 heteroatoms. The molecule has 1 aromatic carbocycles. The Morgan fingerprint density at radius 2 is 2.00 bits per heavy atom. The van der Waals surface area contributed by atoms with E-state index in [2.05, 4.69) is 10.0 Å². The highest BCUT2D eigenvalue weighted by Gasteiger charge is 2.34. The number of anilines is 1. The topological polar surface area (TPSA) is 78.4 Å². The lowest BCUT2D eigenvalue weighted by molar-refractivity contribution is -0.0202. The van der Waals surface area contributed by atoms with Gasteiger partial charge in [0.25, 0.3) is 0 Å². The molecule has 1 saturated carbocycles. The molecule has 0 heterocycles. The molecule has 106 valence electrons. The normalized spacial score (nSPS) is 17.8. The smallest absolute Gasteiger partial charge is 0.242 e. The lowest BCUT2D eigenvalue weighted by Crippen LogP contribution is -2.43. The molecule has 0 atom stereocenters. The minimum absolute atomic E-state index is 0.222. The van der Waals surface area contributed by atoms with Crippen LogP contribution in [0.25, 0.3) is 0 Å². The van der Waals surface area contributed by atoms with E-state index >= 15 is 0 Å². The largest absolute Gasteiger partial charge is 0.388 e. The van der Waals surface area contributed by atoms with Crippen LogP contribution >= 0.6 is 0 Å². The maximum atomic E-state index is 12.0. The molecule has 2 rings (SSSR count). The first kappa shape index (κ1) is 14.3. The Kier molecular flexibility index (Phi) is 4.13. The second kappa shape index (κ2) is 5.48. The van der Waals surface area contributed by atoms with E-state index in [4.69, 9.17) is 0 Å². The van der Waals surface area contributed by atoms with Gasteiger partial charge < -0.3 is 10.4 Å². The van der Waals surface area contributed by atoms with Crippen molar-refractivity contribution in [3.8, 4) is 0 Å². The van der Waals surface area contributed by atoms with Crippen LogP contribution in [0, 0.1) is 0 Å². The third-order valence-corrected chi connectivity index (χ3v) is 5.01. The number of para-hydroxylation sites is 1. The van der Waals surface area contributed by atoms with Crippen molar-refractivity contribution in [3.63, 3.8) is 0 Å². The summed E-state index contributed by atoms with van der Waals surface area (Å²) in [6, 6.07) is 6.74. The number of sulfonamides is 1. The molecule has 1 aliphatic rings. The second-order valence-corrected chi connectivity index (χ2v) is 6.66. The molecule has 1 aliphatic carbocycles. The lowest BCUT2D eigenvalue weighted by atomic mass is 9.80. The third kappa shape index (κ3) is 3.26. The highest BCUT2D eigenvalue weighted by Crippen LogP contribution is 2.32. The molecule has 1 aromatic rings. The Morgan fingerprint density at radius 1 is 1.32 bits per heavy atom. The van der Waals surface area contributed by atoms with Gasteiger partial charge in [-0.3, -0.25) is 0 Å². The Balaban J connectivity index is 2.16. The molecule has 0 bridgehead atoms. The van der Waals surface area contributed by atoms with Crippen molar-refractivity contribution >= 4 is 15.7 Å². The van der Waals surface area contributed by atoms with Crippen LogP contribution in [0.5, 0.6) is 0 Å². The van der Waals surface area contributed by atoms with Crippen molar-refractivity contribution in [2.45, 2.75) is 36.7 Å². The summed E-state index contributed by atoms with van der Waals surface area (Å²) < 4.78 is 26.6. The SMILES string of the molecule is CCNS(=O)(=O)c1ccccc1NCC1(O)CCC1. The Bertz CT molecular complexity index is 539. The van der Waals surface area contributed by atoms with Crippen molar-refractivity contribution in [1.29, 1.82) is 0 Å². The summed E-state index contributed by atoms with van der Waals surface area (Å²) in [6.45, 7) is 2.47. The van der Waals surface area contributed by atoms with Crippen molar-refractivity contribution in [2.24, 2.45) is 0 Å². The molecule has 0 radical (unpaired) electrons. The number of benzene rings is 1. The summed E-state index contributed by atoms with van der Waals surface area (Å²) >= 11 is 0. The van der Waals surface area contributed by atoms with E-state index < -0.39 is 15.6 Å². The minimum atomic E-state index is -3.49. The first-order valence-electron chi connectivity index (χ1n) is 6.52. The first-order chi connectivity index (χ1) is 8.97. The predicted molar refractivity (Wildman–Crippen MR) is 74.6 cm³/mol. The zero-order valence-corrected chi connectivity index (χ0v) is 11.8. The average Bonchev–Trinajstić information content (AvgIpc) is 2.34. The summed E-state index contributed by atoms with van der Waals surface area (Å²) in [5, 5.41) is 13.1. The molecule has 0 aliphatic heterocycles. The molecular weight excluding hydrogens is 264 g/mol. The van der Waals surface area contributed by atoms with E-state index in [1.807, 2.05) is 0 Å². The number of aliphatic hydroxyl groups is 1. The highest BCUT2D eigenvalue weighted by molar-refractivity contribution is 7.89. The van der Waals surface area contributed by atoms with Crippen LogP contribution in [0.15, 0.2) is 29.2 Å². The van der Waals surface area contributed by atoms with Gasteiger partial charge in [-0.2, -0.15) is 0 Å². The zero-order chi connectivity index (χ0) is 13.9. The van der Waals surface area contributed by atoms with Gasteiger partial charge in [-0.1, -0.05) is 19.1 Å². The molecule has 3 N–H and O–H groups in total. The van der Waals surface area contributed by atoms with Gasteiger partial charge in [0.05, 0.1) is 11.3 Å². The summed E-state index contributed by atoms with van der Waals surface area (Å²) in [7, 11) is -3.49. The van der Waals surface area contributed by atoms with E-state index in [-0.39, 0.29) is 4.90 Å². The zero-order valence-electron chi connectivity index (χ0n) is 11.0. The van der Waals surface area contributed by atoms with Crippen LogP contribution in [0.1, 0.15) is 26.2 Å². The Morgan fingerprint density at radius 3 is 2.58 bits per heavy atom. The molecule has 19 heavy (non-hydrogen) atoms. The molecule has 1 fully saturated rings. The fourth-order valence-corrected chi connectivity index (χ4v) is 3.36. The minimum Gasteiger partial charge on any atom is -0.388 e. The number of hydrogen-bond donors (Lipinski definition) is 3. The van der Waals surface area contributed by atoms with Gasteiger partial charge in [0.2, 0.25) is 10.0 Å². The van der Waals surface area contributed by atoms with Gasteiger partial charge in [-0.15, -0.1) is 0 Å². The molecular formula is C13H20N2O3S. The summed E-state index contributed by atoms with van der Waals surface area (Å²) in [5.74, 6) is 0. The van der Waals surface area contributed by atoms with Crippen LogP contribution in [-0.4, -0.2) is 32.2 Å². The van der Waals surface area contributed by atoms with Crippen molar-refractivity contribution in [2.75, 3.05) is 18.4 Å². The van der Waals surface area contributed by atoms with Gasteiger partial charge in [-0.25, -0.2) is 13.1 Å². The van der Waals surface area contributed by atoms with E-state index in [1.165, 1.54) is 0 Å². The Hall–Kier alpha value is -1.11. The highest BCUT2D eigenvalue weighted by atomic mass is 32.2. The van der Waals surface area contributed by atoms with E-state index in [0.29, 0.717) is 18.8 Å². The van der Waals surface area contributed by atoms with Crippen LogP contribution in [-0.2, 0) is 10.0 Å². The molecule has 0 unspecified atom stereocenters. The van der Waals surface area contributed by atoms with Crippen molar-refractivity contribution in [3.05, 3.63) is 24.3 Å². The van der Waals surface area contributed by atoms with E-state index in [9.17, 15) is 13.5 Å². The lowest BCUT2D eigenvalue weighted by Gasteiger charge is -2.37. The van der Waals surface area contributed by atoms with Gasteiger partial charge in [-0.05, 0) is 31.4 Å². The van der Waals surface area contributed by atoms with Crippen LogP contribution in [0.4, 0.5) is 5.69 Å². The first-order valence-corrected chi connectivity index (χ1v) is 8.00. The van der Waals surface area contributed by atoms with E-state index in [1.54, 1.807) is 31.2 Å². The maximum Gasteiger partial charge on any atom is 0.242 e. The molecule has 0 aromatic heterocycles. The van der Waals surface area contributed by atoms with Gasteiger partial charge in [0.15, 0.2) is 0 Å². The molecule has 0 amide bonds. The van der Waals surface area contributed by atoms with Crippen molar-refractivity contribution < 1.29 is 13.5 Å². The average molecular weight is 284 g/mol. The quantitative estimate of drug-likeness (QED) is 0.736. The number of nitrogens with one attached hydrogen (secondary N) is 2. The molecule has 0 saturated heterocycles. The predicted octanol–water partition coefficient (Wildman–Crippen LogP) is 1.31. The molecule has 0 spiro atoms. The summed E-state index contributed by atoms with van der Waals surface area (Å²) in [5.41, 5.74) is -0.154. The van der Waals surface area contributed by atoms with Gasteiger partial charge >= 0.3 is 0 Å². The van der Waals surface area contributed by atoms with Crippen LogP contribution in [0.2, 0.25) is 0 Å². The monoisotopic (exact) mass is 284 g/mol. The van der Waals surface area contributed by atoms with Crippen LogP contribution < -0.4 is 10.0 Å². The van der Waals surface area contributed by atoms with Crippen molar-refractivity contribution in [1.82, 2.24) is 4.72 Å². The van der Waals surface area contributed by atoms with Gasteiger partial charge in [0, 0.05) is 13.1 Å². The van der Waals surface area contributed by atoms with Gasteiger partial charge in [0.1, 0.15) is 4.90 Å². The third-order valence-electron chi connectivity index (χ3n) is 3.40. The Labute approximate surface area is 114 Å². The second-order valence-electron chi connectivity index (χ2n) is 4.93. The summed E-state index contributed by atoms with van der Waals surface area (Å²) in [4.78, 5) is 0.222. The summed E-state index contributed by atoms with van der Waals surface area (Å²) in [6.07, 6.45) is 2.56. The molecule has 5 nitrogen and oxygen atoms in total. The number of rotatable bonds is 6. The number of hydrogen-bond acceptors (Lipinski definition) is 4.